The van der Waals surface area contributed by atoms with Crippen LogP contribution in [0.1, 0.15) is 51.1 Å². The van der Waals surface area contributed by atoms with Crippen molar-refractivity contribution in [3.63, 3.8) is 0 Å². The third-order valence-electron chi connectivity index (χ3n) is 5.23. The number of anilines is 2. The maximum atomic E-state index is 11.1. The predicted octanol–water partition coefficient (Wildman–Crippen LogP) is 5.19. The number of rotatable bonds is 5. The molecule has 6 heteroatoms. The first-order chi connectivity index (χ1) is 14.6. The highest BCUT2D eigenvalue weighted by Gasteiger charge is 2.21. The summed E-state index contributed by atoms with van der Waals surface area (Å²) in [4.78, 5) is 20.5. The first kappa shape index (κ1) is 19.6. The van der Waals surface area contributed by atoms with E-state index in [2.05, 4.69) is 16.4 Å². The Balaban J connectivity index is 1.71. The second-order valence-electron chi connectivity index (χ2n) is 7.50. The highest BCUT2D eigenvalue weighted by Crippen LogP contribution is 2.35. The first-order valence-electron chi connectivity index (χ1n) is 9.98. The Kier molecular flexibility index (Phi) is 5.44. The minimum absolute atomic E-state index is 0.468. The SMILES string of the molecule is Cc1cc(C=O)cc(C)c1Oc1nc(Nc2ccc(C#N)cc2)nc2c1CCCC2. The predicted molar refractivity (Wildman–Crippen MR) is 114 cm³/mol. The molecule has 0 spiro atoms. The molecule has 0 radical (unpaired) electrons. The summed E-state index contributed by atoms with van der Waals surface area (Å²) >= 11 is 0. The van der Waals surface area contributed by atoms with Crippen molar-refractivity contribution >= 4 is 17.9 Å². The first-order valence-corrected chi connectivity index (χ1v) is 9.98. The normalized spacial score (nSPS) is 12.6. The van der Waals surface area contributed by atoms with Crippen molar-refractivity contribution in [3.8, 4) is 17.7 Å². The Morgan fingerprint density at radius 3 is 2.43 bits per heavy atom. The molecule has 1 aromatic heterocycles. The number of carbonyl (C=O) groups is 1. The van der Waals surface area contributed by atoms with Gasteiger partial charge in [-0.2, -0.15) is 10.2 Å². The zero-order chi connectivity index (χ0) is 21.1. The molecule has 3 aromatic rings. The highest BCUT2D eigenvalue weighted by atomic mass is 16.5. The summed E-state index contributed by atoms with van der Waals surface area (Å²) in [6.45, 7) is 3.86. The third kappa shape index (κ3) is 4.01. The molecule has 2 aromatic carbocycles. The van der Waals surface area contributed by atoms with Crippen molar-refractivity contribution in [2.24, 2.45) is 0 Å². The van der Waals surface area contributed by atoms with Gasteiger partial charge in [-0.05, 0) is 87.1 Å². The van der Waals surface area contributed by atoms with E-state index in [1.54, 1.807) is 12.1 Å². The van der Waals surface area contributed by atoms with E-state index in [0.717, 1.165) is 65.8 Å². The molecule has 4 rings (SSSR count). The number of ether oxygens (including phenoxy) is 1. The van der Waals surface area contributed by atoms with Gasteiger partial charge in [0.2, 0.25) is 11.8 Å². The van der Waals surface area contributed by atoms with E-state index in [1.807, 2.05) is 38.1 Å². The van der Waals surface area contributed by atoms with Crippen LogP contribution in [0.4, 0.5) is 11.6 Å². The molecule has 30 heavy (non-hydrogen) atoms. The molecule has 0 saturated carbocycles. The largest absolute Gasteiger partial charge is 0.438 e. The smallest absolute Gasteiger partial charge is 0.230 e. The quantitative estimate of drug-likeness (QED) is 0.595. The van der Waals surface area contributed by atoms with E-state index >= 15 is 0 Å². The number of benzene rings is 2. The fourth-order valence-corrected chi connectivity index (χ4v) is 3.77. The molecule has 150 valence electrons. The molecule has 1 aliphatic carbocycles. The molecule has 0 atom stereocenters. The maximum Gasteiger partial charge on any atom is 0.230 e. The van der Waals surface area contributed by atoms with Gasteiger partial charge in [0.25, 0.3) is 0 Å². The molecule has 0 saturated heterocycles. The average molecular weight is 398 g/mol. The lowest BCUT2D eigenvalue weighted by Gasteiger charge is -2.20. The van der Waals surface area contributed by atoms with Crippen molar-refractivity contribution in [2.75, 3.05) is 5.32 Å². The molecule has 6 nitrogen and oxygen atoms in total. The summed E-state index contributed by atoms with van der Waals surface area (Å²) in [5.74, 6) is 1.74. The fraction of sp³-hybridized carbons (Fsp3) is 0.250. The van der Waals surface area contributed by atoms with Gasteiger partial charge in [-0.1, -0.05) is 0 Å². The van der Waals surface area contributed by atoms with Gasteiger partial charge in [0, 0.05) is 16.8 Å². The van der Waals surface area contributed by atoms with Crippen molar-refractivity contribution < 1.29 is 9.53 Å². The van der Waals surface area contributed by atoms with E-state index in [-0.39, 0.29) is 0 Å². The van der Waals surface area contributed by atoms with Crippen LogP contribution in [0, 0.1) is 25.2 Å². The minimum Gasteiger partial charge on any atom is -0.438 e. The van der Waals surface area contributed by atoms with Crippen LogP contribution >= 0.6 is 0 Å². The maximum absolute atomic E-state index is 11.1. The van der Waals surface area contributed by atoms with Crippen LogP contribution in [-0.2, 0) is 12.8 Å². The number of fused-ring (bicyclic) bond motifs is 1. The Labute approximate surface area is 175 Å². The summed E-state index contributed by atoms with van der Waals surface area (Å²) in [7, 11) is 0. The number of hydrogen-bond donors (Lipinski definition) is 1. The van der Waals surface area contributed by atoms with Gasteiger partial charge in [-0.15, -0.1) is 0 Å². The molecule has 0 fully saturated rings. The van der Waals surface area contributed by atoms with Crippen LogP contribution in [0.15, 0.2) is 36.4 Å². The van der Waals surface area contributed by atoms with E-state index in [9.17, 15) is 4.79 Å². The lowest BCUT2D eigenvalue weighted by molar-refractivity contribution is 0.112. The number of nitriles is 1. The molecule has 0 unspecified atom stereocenters. The molecular weight excluding hydrogens is 376 g/mol. The van der Waals surface area contributed by atoms with Crippen molar-refractivity contribution in [2.45, 2.75) is 39.5 Å². The van der Waals surface area contributed by atoms with E-state index in [1.165, 1.54) is 0 Å². The van der Waals surface area contributed by atoms with Gasteiger partial charge in [0.1, 0.15) is 12.0 Å². The van der Waals surface area contributed by atoms with E-state index in [4.69, 9.17) is 15.0 Å². The number of hydrogen-bond acceptors (Lipinski definition) is 6. The molecule has 1 N–H and O–H groups in total. The number of aromatic nitrogens is 2. The second-order valence-corrected chi connectivity index (χ2v) is 7.50. The van der Waals surface area contributed by atoms with Gasteiger partial charge >= 0.3 is 0 Å². The third-order valence-corrected chi connectivity index (χ3v) is 5.23. The molecule has 0 amide bonds. The van der Waals surface area contributed by atoms with Crippen LogP contribution < -0.4 is 10.1 Å². The summed E-state index contributed by atoms with van der Waals surface area (Å²) in [6, 6.07) is 12.9. The van der Waals surface area contributed by atoms with Crippen molar-refractivity contribution in [1.82, 2.24) is 9.97 Å². The minimum atomic E-state index is 0.468. The van der Waals surface area contributed by atoms with Gasteiger partial charge in [-0.25, -0.2) is 4.98 Å². The van der Waals surface area contributed by atoms with Crippen LogP contribution in [0.3, 0.4) is 0 Å². The number of carbonyl (C=O) groups excluding carboxylic acids is 1. The lowest BCUT2D eigenvalue weighted by Crippen LogP contribution is -2.12. The zero-order valence-electron chi connectivity index (χ0n) is 17.0. The average Bonchev–Trinajstić information content (AvgIpc) is 2.76. The molecule has 1 heterocycles. The van der Waals surface area contributed by atoms with Gasteiger partial charge in [0.15, 0.2) is 0 Å². The van der Waals surface area contributed by atoms with Crippen LogP contribution in [-0.4, -0.2) is 16.3 Å². The highest BCUT2D eigenvalue weighted by molar-refractivity contribution is 5.76. The van der Waals surface area contributed by atoms with Crippen molar-refractivity contribution in [3.05, 3.63) is 69.9 Å². The topological polar surface area (TPSA) is 87.9 Å². The zero-order valence-corrected chi connectivity index (χ0v) is 17.0. The number of nitrogens with one attached hydrogen (secondary N) is 1. The molecule has 0 bridgehead atoms. The summed E-state index contributed by atoms with van der Waals surface area (Å²) in [6.07, 6.45) is 4.78. The van der Waals surface area contributed by atoms with E-state index in [0.29, 0.717) is 23.0 Å². The van der Waals surface area contributed by atoms with Crippen LogP contribution in [0.2, 0.25) is 0 Å². The Morgan fingerprint density at radius 1 is 1.07 bits per heavy atom. The lowest BCUT2D eigenvalue weighted by atomic mass is 9.97. The second kappa shape index (κ2) is 8.34. The Morgan fingerprint density at radius 2 is 1.77 bits per heavy atom. The summed E-state index contributed by atoms with van der Waals surface area (Å²) in [5, 5.41) is 12.2. The molecule has 1 aliphatic rings. The van der Waals surface area contributed by atoms with Crippen molar-refractivity contribution in [1.29, 1.82) is 5.26 Å². The monoisotopic (exact) mass is 398 g/mol. The fourth-order valence-electron chi connectivity index (χ4n) is 3.77. The van der Waals surface area contributed by atoms with Gasteiger partial charge in [-0.3, -0.25) is 4.79 Å². The summed E-state index contributed by atoms with van der Waals surface area (Å²) < 4.78 is 6.30. The summed E-state index contributed by atoms with van der Waals surface area (Å²) in [5.41, 5.74) is 5.86. The van der Waals surface area contributed by atoms with E-state index < -0.39 is 0 Å². The Bertz CT molecular complexity index is 1120. The van der Waals surface area contributed by atoms with Crippen LogP contribution in [0.5, 0.6) is 11.6 Å². The van der Waals surface area contributed by atoms with Gasteiger partial charge < -0.3 is 10.1 Å². The van der Waals surface area contributed by atoms with Gasteiger partial charge in [0.05, 0.1) is 17.3 Å². The molecule has 0 aliphatic heterocycles. The number of nitrogens with zero attached hydrogens (tertiary/aromatic N) is 3. The van der Waals surface area contributed by atoms with Crippen LogP contribution in [0.25, 0.3) is 0 Å². The molecular formula is C24H22N4O2. The Hall–Kier alpha value is -3.72. The number of aldehydes is 1. The standard InChI is InChI=1S/C24H22N4O2/c1-15-11-18(14-29)12-16(2)22(15)30-23-20-5-3-4-6-21(20)27-24(28-23)26-19-9-7-17(13-25)8-10-19/h7-12,14H,3-6H2,1-2H3,(H,26,27,28). The number of aryl methyl sites for hydroxylation is 3.